The minimum Gasteiger partial charge on any atom is -0.383 e. The normalized spacial score (nSPS) is 11.3. The third-order valence-electron chi connectivity index (χ3n) is 4.18. The smallest absolute Gasteiger partial charge is 0.383 e. The number of hydrogen-bond acceptors (Lipinski definition) is 3. The molecule has 0 spiro atoms. The molecule has 136 valence electrons. The summed E-state index contributed by atoms with van der Waals surface area (Å²) < 4.78 is 40.6. The van der Waals surface area contributed by atoms with Gasteiger partial charge < -0.3 is 5.73 Å². The van der Waals surface area contributed by atoms with Crippen molar-refractivity contribution in [2.75, 3.05) is 5.73 Å². The summed E-state index contributed by atoms with van der Waals surface area (Å²) in [5.41, 5.74) is 6.39. The third kappa shape index (κ3) is 3.46. The quantitative estimate of drug-likeness (QED) is 0.599. The summed E-state index contributed by atoms with van der Waals surface area (Å²) >= 11 is 6.03. The predicted molar refractivity (Wildman–Crippen MR) is 99.0 cm³/mol. The molecule has 0 bridgehead atoms. The van der Waals surface area contributed by atoms with Gasteiger partial charge in [-0.05, 0) is 36.2 Å². The highest BCUT2D eigenvalue weighted by molar-refractivity contribution is 6.30. The van der Waals surface area contributed by atoms with Crippen LogP contribution >= 0.6 is 11.6 Å². The van der Waals surface area contributed by atoms with Crippen LogP contribution in [0.4, 0.5) is 19.0 Å². The largest absolute Gasteiger partial charge is 0.417 e. The minimum absolute atomic E-state index is 0.0880. The second-order valence-corrected chi connectivity index (χ2v) is 6.32. The van der Waals surface area contributed by atoms with E-state index in [0.717, 1.165) is 6.07 Å². The number of nitrogens with two attached hydrogens (primary N) is 1. The second-order valence-electron chi connectivity index (χ2n) is 5.89. The number of hydrogen-bond donors (Lipinski definition) is 1. The van der Waals surface area contributed by atoms with Gasteiger partial charge in [-0.2, -0.15) is 18.4 Å². The number of nitrogen functional groups attached to an aromatic ring is 1. The predicted octanol–water partition coefficient (Wildman–Crippen LogP) is 5.85. The maximum absolute atomic E-state index is 13.5. The van der Waals surface area contributed by atoms with Gasteiger partial charge in [-0.15, -0.1) is 0 Å². The van der Waals surface area contributed by atoms with Crippen molar-refractivity contribution in [2.45, 2.75) is 13.1 Å². The molecule has 0 atom stereocenters. The van der Waals surface area contributed by atoms with E-state index in [2.05, 4.69) is 4.98 Å². The fourth-order valence-electron chi connectivity index (χ4n) is 3.01. The van der Waals surface area contributed by atoms with Gasteiger partial charge in [0, 0.05) is 16.1 Å². The fraction of sp³-hybridized carbons (Fsp3) is 0.100. The number of nitrogens with zero attached hydrogens (tertiary/aromatic N) is 2. The van der Waals surface area contributed by atoms with Crippen molar-refractivity contribution in [3.05, 3.63) is 70.2 Å². The summed E-state index contributed by atoms with van der Waals surface area (Å²) in [5.74, 6) is -0.134. The van der Waals surface area contributed by atoms with E-state index in [0.29, 0.717) is 21.8 Å². The average Bonchev–Trinajstić information content (AvgIpc) is 2.62. The average molecular weight is 388 g/mol. The SMILES string of the molecule is Cc1c(-c2cccc(Cl)c2)nc(N)c(C#N)c1-c1ccccc1C(F)(F)F. The van der Waals surface area contributed by atoms with E-state index in [4.69, 9.17) is 17.3 Å². The Hall–Kier alpha value is -3.04. The number of benzene rings is 2. The molecule has 0 fully saturated rings. The Balaban J connectivity index is 2.40. The lowest BCUT2D eigenvalue weighted by atomic mass is 9.90. The van der Waals surface area contributed by atoms with Crippen LogP contribution in [0, 0.1) is 18.3 Å². The molecule has 2 aromatic carbocycles. The number of aromatic nitrogens is 1. The van der Waals surface area contributed by atoms with Gasteiger partial charge in [0.25, 0.3) is 0 Å². The number of halogens is 4. The third-order valence-corrected chi connectivity index (χ3v) is 4.42. The van der Waals surface area contributed by atoms with Gasteiger partial charge in [-0.3, -0.25) is 0 Å². The monoisotopic (exact) mass is 387 g/mol. The Morgan fingerprint density at radius 2 is 1.81 bits per heavy atom. The zero-order valence-corrected chi connectivity index (χ0v) is 14.9. The van der Waals surface area contributed by atoms with Gasteiger partial charge in [0.05, 0.1) is 11.3 Å². The first kappa shape index (κ1) is 18.7. The lowest BCUT2D eigenvalue weighted by Crippen LogP contribution is -2.10. The number of nitriles is 1. The topological polar surface area (TPSA) is 62.7 Å². The Morgan fingerprint density at radius 3 is 2.44 bits per heavy atom. The van der Waals surface area contributed by atoms with Gasteiger partial charge >= 0.3 is 6.18 Å². The zero-order chi connectivity index (χ0) is 19.8. The Bertz CT molecular complexity index is 1070. The molecule has 2 N–H and O–H groups in total. The standard InChI is InChI=1S/C20H13ClF3N3/c1-11-17(14-7-2-3-8-16(14)20(22,23)24)15(10-25)19(26)27-18(11)12-5-4-6-13(21)9-12/h2-9H,1H3,(H2,26,27). The highest BCUT2D eigenvalue weighted by Crippen LogP contribution is 2.42. The van der Waals surface area contributed by atoms with E-state index in [9.17, 15) is 18.4 Å². The van der Waals surface area contributed by atoms with Crippen molar-refractivity contribution < 1.29 is 13.2 Å². The molecule has 0 radical (unpaired) electrons. The van der Waals surface area contributed by atoms with Crippen LogP contribution in [0.3, 0.4) is 0 Å². The van der Waals surface area contributed by atoms with Gasteiger partial charge in [0.15, 0.2) is 0 Å². The van der Waals surface area contributed by atoms with Gasteiger partial charge in [-0.1, -0.05) is 41.9 Å². The van der Waals surface area contributed by atoms with Crippen LogP contribution in [0.2, 0.25) is 5.02 Å². The molecule has 1 heterocycles. The van der Waals surface area contributed by atoms with E-state index in [1.807, 2.05) is 6.07 Å². The molecule has 0 unspecified atom stereocenters. The molecule has 0 amide bonds. The molecule has 7 heteroatoms. The lowest BCUT2D eigenvalue weighted by molar-refractivity contribution is -0.137. The van der Waals surface area contributed by atoms with Crippen molar-refractivity contribution in [2.24, 2.45) is 0 Å². The number of anilines is 1. The van der Waals surface area contributed by atoms with E-state index >= 15 is 0 Å². The van der Waals surface area contributed by atoms with Crippen LogP contribution in [0.15, 0.2) is 48.5 Å². The van der Waals surface area contributed by atoms with Crippen molar-refractivity contribution in [1.82, 2.24) is 4.98 Å². The van der Waals surface area contributed by atoms with Crippen molar-refractivity contribution in [3.63, 3.8) is 0 Å². The molecular formula is C20H13ClF3N3. The fourth-order valence-corrected chi connectivity index (χ4v) is 3.20. The van der Waals surface area contributed by atoms with Crippen LogP contribution in [0.1, 0.15) is 16.7 Å². The molecule has 3 nitrogen and oxygen atoms in total. The molecule has 0 aliphatic carbocycles. The highest BCUT2D eigenvalue weighted by Gasteiger charge is 2.35. The summed E-state index contributed by atoms with van der Waals surface area (Å²) in [6, 6.07) is 13.7. The Labute approximate surface area is 158 Å². The zero-order valence-electron chi connectivity index (χ0n) is 14.1. The van der Waals surface area contributed by atoms with Gasteiger partial charge in [0.1, 0.15) is 17.5 Å². The van der Waals surface area contributed by atoms with Crippen LogP contribution in [-0.4, -0.2) is 4.98 Å². The number of rotatable bonds is 2. The number of pyridine rings is 1. The van der Waals surface area contributed by atoms with Crippen molar-refractivity contribution in [3.8, 4) is 28.5 Å². The molecule has 1 aromatic heterocycles. The lowest BCUT2D eigenvalue weighted by Gasteiger charge is -2.18. The molecule has 0 aliphatic heterocycles. The maximum Gasteiger partial charge on any atom is 0.417 e. The first-order valence-electron chi connectivity index (χ1n) is 7.86. The van der Waals surface area contributed by atoms with Crippen LogP contribution in [-0.2, 0) is 6.18 Å². The van der Waals surface area contributed by atoms with Crippen LogP contribution in [0.5, 0.6) is 0 Å². The second kappa shape index (κ2) is 6.93. The molecule has 0 aliphatic rings. The van der Waals surface area contributed by atoms with E-state index < -0.39 is 11.7 Å². The maximum atomic E-state index is 13.5. The van der Waals surface area contributed by atoms with E-state index in [1.54, 1.807) is 31.2 Å². The number of alkyl halides is 3. The summed E-state index contributed by atoms with van der Waals surface area (Å²) in [6.07, 6.45) is -4.58. The molecule has 3 aromatic rings. The first-order chi connectivity index (χ1) is 12.7. The summed E-state index contributed by atoms with van der Waals surface area (Å²) in [7, 11) is 0. The first-order valence-corrected chi connectivity index (χ1v) is 8.24. The Morgan fingerprint density at radius 1 is 1.11 bits per heavy atom. The van der Waals surface area contributed by atoms with Crippen molar-refractivity contribution in [1.29, 1.82) is 5.26 Å². The van der Waals surface area contributed by atoms with E-state index in [-0.39, 0.29) is 22.5 Å². The van der Waals surface area contributed by atoms with Crippen LogP contribution < -0.4 is 5.73 Å². The summed E-state index contributed by atoms with van der Waals surface area (Å²) in [4.78, 5) is 4.25. The molecule has 3 rings (SSSR count). The Kier molecular flexibility index (Phi) is 4.81. The van der Waals surface area contributed by atoms with E-state index in [1.165, 1.54) is 18.2 Å². The summed E-state index contributed by atoms with van der Waals surface area (Å²) in [5, 5.41) is 9.96. The minimum atomic E-state index is -4.58. The molecular weight excluding hydrogens is 375 g/mol. The highest BCUT2D eigenvalue weighted by atomic mass is 35.5. The molecule has 0 saturated heterocycles. The van der Waals surface area contributed by atoms with Gasteiger partial charge in [0.2, 0.25) is 0 Å². The molecule has 27 heavy (non-hydrogen) atoms. The summed E-state index contributed by atoms with van der Waals surface area (Å²) in [6.45, 7) is 1.62. The molecule has 0 saturated carbocycles. The van der Waals surface area contributed by atoms with Gasteiger partial charge in [-0.25, -0.2) is 4.98 Å². The van der Waals surface area contributed by atoms with Crippen LogP contribution in [0.25, 0.3) is 22.4 Å². The van der Waals surface area contributed by atoms with Crippen molar-refractivity contribution >= 4 is 17.4 Å².